The highest BCUT2D eigenvalue weighted by molar-refractivity contribution is 6.30. The van der Waals surface area contributed by atoms with Gasteiger partial charge >= 0.3 is 5.97 Å². The van der Waals surface area contributed by atoms with Gasteiger partial charge in [0.15, 0.2) is 0 Å². The molecule has 1 heterocycles. The van der Waals surface area contributed by atoms with Gasteiger partial charge in [-0.05, 0) is 19.1 Å². The van der Waals surface area contributed by atoms with E-state index in [1.807, 2.05) is 0 Å². The molecule has 0 radical (unpaired) electrons. The quantitative estimate of drug-likeness (QED) is 0.720. The number of carbonyl (C=O) groups is 1. The zero-order valence-corrected chi connectivity index (χ0v) is 8.75. The number of pyridine rings is 1. The van der Waals surface area contributed by atoms with Crippen LogP contribution in [-0.4, -0.2) is 17.6 Å². The number of rotatable bonds is 4. The predicted molar refractivity (Wildman–Crippen MR) is 54.2 cm³/mol. The van der Waals surface area contributed by atoms with Gasteiger partial charge < -0.3 is 4.74 Å². The number of ether oxygens (including phenoxy) is 1. The van der Waals surface area contributed by atoms with E-state index in [0.29, 0.717) is 24.5 Å². The fraction of sp³-hybridized carbons (Fsp3) is 0.400. The molecule has 0 atom stereocenters. The number of aryl methyl sites for hydroxylation is 1. The highest BCUT2D eigenvalue weighted by Gasteiger charge is 2.03. The Labute approximate surface area is 88.1 Å². The normalized spacial score (nSPS) is 9.86. The van der Waals surface area contributed by atoms with Gasteiger partial charge in [0.2, 0.25) is 0 Å². The summed E-state index contributed by atoms with van der Waals surface area (Å²) in [6.45, 7) is 2.21. The van der Waals surface area contributed by atoms with Crippen molar-refractivity contribution < 1.29 is 9.53 Å². The molecular formula is C10H12ClNO2. The zero-order chi connectivity index (χ0) is 10.4. The number of esters is 1. The molecule has 0 saturated carbocycles. The minimum absolute atomic E-state index is 0.200. The van der Waals surface area contributed by atoms with Crippen molar-refractivity contribution in [2.24, 2.45) is 0 Å². The predicted octanol–water partition coefficient (Wildman–Crippen LogP) is 2.23. The Kier molecular flexibility index (Phi) is 4.40. The lowest BCUT2D eigenvalue weighted by Crippen LogP contribution is -2.05. The Bertz CT molecular complexity index is 315. The zero-order valence-electron chi connectivity index (χ0n) is 8.00. The lowest BCUT2D eigenvalue weighted by molar-refractivity contribution is -0.143. The van der Waals surface area contributed by atoms with Crippen LogP contribution in [0.1, 0.15) is 19.0 Å². The second kappa shape index (κ2) is 5.60. The van der Waals surface area contributed by atoms with Gasteiger partial charge in [0.05, 0.1) is 13.0 Å². The summed E-state index contributed by atoms with van der Waals surface area (Å²) in [4.78, 5) is 15.1. The number of nitrogens with zero attached hydrogens (tertiary/aromatic N) is 1. The second-order valence-corrected chi connectivity index (χ2v) is 3.21. The van der Waals surface area contributed by atoms with Crippen LogP contribution in [0, 0.1) is 0 Å². The molecule has 0 bridgehead atoms. The summed E-state index contributed by atoms with van der Waals surface area (Å²) in [5.41, 5.74) is 0.811. The number of hydrogen-bond acceptors (Lipinski definition) is 3. The first-order chi connectivity index (χ1) is 6.72. The topological polar surface area (TPSA) is 39.2 Å². The molecule has 0 aliphatic rings. The fourth-order valence-electron chi connectivity index (χ4n) is 1.05. The highest BCUT2D eigenvalue weighted by Crippen LogP contribution is 2.09. The smallest absolute Gasteiger partial charge is 0.306 e. The van der Waals surface area contributed by atoms with Gasteiger partial charge in [0, 0.05) is 23.3 Å². The molecule has 0 unspecified atom stereocenters. The van der Waals surface area contributed by atoms with Crippen molar-refractivity contribution in [1.82, 2.24) is 4.98 Å². The van der Waals surface area contributed by atoms with Crippen LogP contribution in [0.4, 0.5) is 0 Å². The first-order valence-electron chi connectivity index (χ1n) is 4.48. The minimum Gasteiger partial charge on any atom is -0.466 e. The van der Waals surface area contributed by atoms with Gasteiger partial charge in [-0.1, -0.05) is 11.6 Å². The average Bonchev–Trinajstić information content (AvgIpc) is 2.15. The molecule has 14 heavy (non-hydrogen) atoms. The molecule has 0 N–H and O–H groups in total. The average molecular weight is 214 g/mol. The Morgan fingerprint density at radius 2 is 2.43 bits per heavy atom. The van der Waals surface area contributed by atoms with Crippen molar-refractivity contribution >= 4 is 17.6 Å². The fourth-order valence-corrected chi connectivity index (χ4v) is 1.23. The van der Waals surface area contributed by atoms with Gasteiger partial charge in [-0.15, -0.1) is 0 Å². The van der Waals surface area contributed by atoms with Crippen LogP contribution < -0.4 is 0 Å². The molecule has 0 aromatic carbocycles. The molecular weight excluding hydrogens is 202 g/mol. The Morgan fingerprint density at radius 3 is 3.07 bits per heavy atom. The third-order valence-electron chi connectivity index (χ3n) is 1.67. The Hall–Kier alpha value is -1.09. The summed E-state index contributed by atoms with van der Waals surface area (Å²) >= 11 is 5.77. The lowest BCUT2D eigenvalue weighted by Gasteiger charge is -2.01. The van der Waals surface area contributed by atoms with Crippen molar-refractivity contribution in [1.29, 1.82) is 0 Å². The number of halogens is 1. The van der Waals surface area contributed by atoms with Crippen LogP contribution in [0.3, 0.4) is 0 Å². The third kappa shape index (κ3) is 3.75. The third-order valence-corrected chi connectivity index (χ3v) is 1.90. The Morgan fingerprint density at radius 1 is 1.64 bits per heavy atom. The molecule has 0 fully saturated rings. The monoisotopic (exact) mass is 213 g/mol. The van der Waals surface area contributed by atoms with Crippen molar-refractivity contribution in [3.63, 3.8) is 0 Å². The molecule has 0 spiro atoms. The van der Waals surface area contributed by atoms with Crippen molar-refractivity contribution in [2.45, 2.75) is 19.8 Å². The maximum atomic E-state index is 11.0. The maximum absolute atomic E-state index is 11.0. The molecule has 1 aromatic rings. The summed E-state index contributed by atoms with van der Waals surface area (Å²) in [6, 6.07) is 3.45. The molecule has 0 saturated heterocycles. The number of carbonyl (C=O) groups excluding carboxylic acids is 1. The lowest BCUT2D eigenvalue weighted by atomic mass is 10.2. The van der Waals surface area contributed by atoms with E-state index in [9.17, 15) is 4.79 Å². The first-order valence-corrected chi connectivity index (χ1v) is 4.86. The standard InChI is InChI=1S/C10H12ClNO2/c1-2-14-10(13)4-3-9-7-8(11)5-6-12-9/h5-7H,2-4H2,1H3. The largest absolute Gasteiger partial charge is 0.466 e. The van der Waals surface area contributed by atoms with Crippen molar-refractivity contribution in [3.05, 3.63) is 29.0 Å². The first kappa shape index (κ1) is 11.0. The van der Waals surface area contributed by atoms with Crippen LogP contribution >= 0.6 is 11.6 Å². The maximum Gasteiger partial charge on any atom is 0.306 e. The van der Waals surface area contributed by atoms with Crippen molar-refractivity contribution in [3.8, 4) is 0 Å². The van der Waals surface area contributed by atoms with E-state index < -0.39 is 0 Å². The summed E-state index contributed by atoms with van der Waals surface area (Å²) < 4.78 is 4.79. The van der Waals surface area contributed by atoms with E-state index in [4.69, 9.17) is 16.3 Å². The van der Waals surface area contributed by atoms with Crippen LogP contribution in [0.15, 0.2) is 18.3 Å². The van der Waals surface area contributed by atoms with E-state index >= 15 is 0 Å². The minimum atomic E-state index is -0.200. The van der Waals surface area contributed by atoms with Crippen LogP contribution in [0.2, 0.25) is 5.02 Å². The van der Waals surface area contributed by atoms with Crippen LogP contribution in [-0.2, 0) is 16.0 Å². The van der Waals surface area contributed by atoms with Gasteiger partial charge in [-0.25, -0.2) is 0 Å². The van der Waals surface area contributed by atoms with Crippen LogP contribution in [0.5, 0.6) is 0 Å². The van der Waals surface area contributed by atoms with Gasteiger partial charge in [0.1, 0.15) is 0 Å². The summed E-state index contributed by atoms with van der Waals surface area (Å²) in [5, 5.41) is 0.638. The highest BCUT2D eigenvalue weighted by atomic mass is 35.5. The number of aromatic nitrogens is 1. The molecule has 4 heteroatoms. The summed E-state index contributed by atoms with van der Waals surface area (Å²) in [7, 11) is 0. The molecule has 0 aliphatic carbocycles. The molecule has 1 aromatic heterocycles. The van der Waals surface area contributed by atoms with Gasteiger partial charge in [0.25, 0.3) is 0 Å². The summed E-state index contributed by atoms with van der Waals surface area (Å²) in [5.74, 6) is -0.200. The van der Waals surface area contributed by atoms with Gasteiger partial charge in [-0.3, -0.25) is 9.78 Å². The molecule has 3 nitrogen and oxygen atoms in total. The van der Waals surface area contributed by atoms with E-state index in [2.05, 4.69) is 4.98 Å². The van der Waals surface area contributed by atoms with Crippen molar-refractivity contribution in [2.75, 3.05) is 6.61 Å². The van der Waals surface area contributed by atoms with E-state index in [1.165, 1.54) is 0 Å². The molecule has 0 amide bonds. The SMILES string of the molecule is CCOC(=O)CCc1cc(Cl)ccn1. The Balaban J connectivity index is 2.41. The van der Waals surface area contributed by atoms with Crippen LogP contribution in [0.25, 0.3) is 0 Å². The molecule has 0 aliphatic heterocycles. The molecule has 76 valence electrons. The second-order valence-electron chi connectivity index (χ2n) is 2.77. The van der Waals surface area contributed by atoms with E-state index in [1.54, 1.807) is 25.3 Å². The number of hydrogen-bond donors (Lipinski definition) is 0. The molecule has 1 rings (SSSR count). The van der Waals surface area contributed by atoms with Gasteiger partial charge in [-0.2, -0.15) is 0 Å². The van der Waals surface area contributed by atoms with E-state index in [-0.39, 0.29) is 5.97 Å². The van der Waals surface area contributed by atoms with E-state index in [0.717, 1.165) is 5.69 Å². The summed E-state index contributed by atoms with van der Waals surface area (Å²) in [6.07, 6.45) is 2.55.